The van der Waals surface area contributed by atoms with E-state index in [4.69, 9.17) is 11.6 Å². The van der Waals surface area contributed by atoms with Crippen LogP contribution in [0.5, 0.6) is 0 Å². The lowest BCUT2D eigenvalue weighted by Gasteiger charge is -2.33. The third-order valence-corrected chi connectivity index (χ3v) is 4.83. The molecule has 1 unspecified atom stereocenters. The number of alkyl halides is 6. The Hall–Kier alpha value is -1.97. The number of rotatable bonds is 3. The Balaban J connectivity index is 2.12. The van der Waals surface area contributed by atoms with E-state index in [-0.39, 0.29) is 10.6 Å². The van der Waals surface area contributed by atoms with Gasteiger partial charge < -0.3 is 10.2 Å². The first-order valence-electron chi connectivity index (χ1n) is 7.78. The van der Waals surface area contributed by atoms with Crippen LogP contribution < -0.4 is 5.32 Å². The SMILES string of the molecule is CC(NC(=O)c1ccccc1Cl)C(=O)N1CCC(C(F)(F)F)(C(F)(F)F)C1. The Morgan fingerprint density at radius 2 is 1.70 bits per heavy atom. The molecule has 0 bridgehead atoms. The van der Waals surface area contributed by atoms with Crippen molar-refractivity contribution in [1.29, 1.82) is 0 Å². The van der Waals surface area contributed by atoms with Gasteiger partial charge in [-0.1, -0.05) is 23.7 Å². The first-order valence-corrected chi connectivity index (χ1v) is 8.15. The molecule has 2 rings (SSSR count). The van der Waals surface area contributed by atoms with E-state index in [1.807, 2.05) is 0 Å². The highest BCUT2D eigenvalue weighted by atomic mass is 35.5. The molecule has 1 aliphatic rings. The molecule has 1 saturated heterocycles. The summed E-state index contributed by atoms with van der Waals surface area (Å²) in [5, 5.41) is 2.33. The number of hydrogen-bond donors (Lipinski definition) is 1. The highest BCUT2D eigenvalue weighted by Crippen LogP contribution is 2.55. The van der Waals surface area contributed by atoms with Crippen LogP contribution in [0.15, 0.2) is 24.3 Å². The van der Waals surface area contributed by atoms with E-state index in [9.17, 15) is 35.9 Å². The van der Waals surface area contributed by atoms with Crippen LogP contribution in [0.25, 0.3) is 0 Å². The molecular formula is C16H15ClF6N2O2. The second-order valence-corrected chi connectivity index (χ2v) is 6.67. The number of nitrogens with zero attached hydrogens (tertiary/aromatic N) is 1. The van der Waals surface area contributed by atoms with E-state index < -0.39 is 55.1 Å². The second-order valence-electron chi connectivity index (χ2n) is 6.26. The summed E-state index contributed by atoms with van der Waals surface area (Å²) in [4.78, 5) is 24.9. The molecular weight excluding hydrogens is 402 g/mol. The van der Waals surface area contributed by atoms with Gasteiger partial charge in [-0.25, -0.2) is 0 Å². The van der Waals surface area contributed by atoms with E-state index in [2.05, 4.69) is 5.32 Å². The van der Waals surface area contributed by atoms with Crippen molar-refractivity contribution in [2.45, 2.75) is 31.7 Å². The molecule has 1 heterocycles. The molecule has 0 spiro atoms. The van der Waals surface area contributed by atoms with E-state index in [0.29, 0.717) is 4.90 Å². The van der Waals surface area contributed by atoms with Crippen LogP contribution in [0.4, 0.5) is 26.3 Å². The molecule has 1 aromatic rings. The topological polar surface area (TPSA) is 49.4 Å². The zero-order valence-electron chi connectivity index (χ0n) is 13.9. The van der Waals surface area contributed by atoms with Gasteiger partial charge in [0.15, 0.2) is 5.41 Å². The first kappa shape index (κ1) is 21.3. The van der Waals surface area contributed by atoms with Gasteiger partial charge in [-0.05, 0) is 25.5 Å². The van der Waals surface area contributed by atoms with Crippen LogP contribution in [0.2, 0.25) is 5.02 Å². The summed E-state index contributed by atoms with van der Waals surface area (Å²) >= 11 is 5.84. The Kier molecular flexibility index (Phi) is 5.70. The average molecular weight is 417 g/mol. The minimum atomic E-state index is -5.55. The van der Waals surface area contributed by atoms with Gasteiger partial charge >= 0.3 is 12.4 Å². The zero-order valence-corrected chi connectivity index (χ0v) is 14.7. The second kappa shape index (κ2) is 7.21. The van der Waals surface area contributed by atoms with Crippen LogP contribution in [0.3, 0.4) is 0 Å². The summed E-state index contributed by atoms with van der Waals surface area (Å²) in [7, 11) is 0. The first-order chi connectivity index (χ1) is 12.3. The number of benzene rings is 1. The highest BCUT2D eigenvalue weighted by molar-refractivity contribution is 6.33. The largest absolute Gasteiger partial charge is 0.404 e. The summed E-state index contributed by atoms with van der Waals surface area (Å²) in [6.07, 6.45) is -12.4. The molecule has 1 atom stereocenters. The van der Waals surface area contributed by atoms with Crippen molar-refractivity contribution >= 4 is 23.4 Å². The lowest BCUT2D eigenvalue weighted by molar-refractivity contribution is -0.334. The Morgan fingerprint density at radius 1 is 1.15 bits per heavy atom. The van der Waals surface area contributed by atoms with E-state index in [1.54, 1.807) is 6.07 Å². The molecule has 1 fully saturated rings. The number of likely N-dealkylation sites (tertiary alicyclic amines) is 1. The lowest BCUT2D eigenvalue weighted by Crippen LogP contribution is -2.53. The lowest BCUT2D eigenvalue weighted by atomic mass is 9.85. The van der Waals surface area contributed by atoms with Gasteiger partial charge in [0.25, 0.3) is 5.91 Å². The van der Waals surface area contributed by atoms with Crippen molar-refractivity contribution in [2.75, 3.05) is 13.1 Å². The van der Waals surface area contributed by atoms with Gasteiger partial charge in [0.2, 0.25) is 5.91 Å². The van der Waals surface area contributed by atoms with Crippen molar-refractivity contribution in [3.8, 4) is 0 Å². The molecule has 0 radical (unpaired) electrons. The number of carbonyl (C=O) groups is 2. The highest BCUT2D eigenvalue weighted by Gasteiger charge is 2.73. The van der Waals surface area contributed by atoms with Crippen molar-refractivity contribution in [1.82, 2.24) is 10.2 Å². The fraction of sp³-hybridized carbons (Fsp3) is 0.500. The predicted octanol–water partition coefficient (Wildman–Crippen LogP) is 3.80. The molecule has 0 aromatic heterocycles. The molecule has 1 aromatic carbocycles. The van der Waals surface area contributed by atoms with Gasteiger partial charge in [0.1, 0.15) is 6.04 Å². The Bertz CT molecular complexity index is 720. The number of amides is 2. The predicted molar refractivity (Wildman–Crippen MR) is 84.1 cm³/mol. The maximum atomic E-state index is 13.1. The molecule has 0 aliphatic carbocycles. The van der Waals surface area contributed by atoms with Crippen LogP contribution >= 0.6 is 11.6 Å². The maximum absolute atomic E-state index is 13.1. The summed E-state index contributed by atoms with van der Waals surface area (Å²) in [5.74, 6) is -1.80. The van der Waals surface area contributed by atoms with Gasteiger partial charge in [0, 0.05) is 13.1 Å². The van der Waals surface area contributed by atoms with E-state index in [1.165, 1.54) is 25.1 Å². The standard InChI is InChI=1S/C16H15ClF6N2O2/c1-9(24-12(26)10-4-2-3-5-11(10)17)13(27)25-7-6-14(8-25,15(18,19)20)16(21,22)23/h2-5,9H,6-8H2,1H3,(H,24,26). The maximum Gasteiger partial charge on any atom is 0.404 e. The number of carbonyl (C=O) groups excluding carboxylic acids is 2. The molecule has 0 saturated carbocycles. The number of halogens is 7. The molecule has 1 N–H and O–H groups in total. The van der Waals surface area contributed by atoms with Crippen molar-refractivity contribution < 1.29 is 35.9 Å². The van der Waals surface area contributed by atoms with Crippen LogP contribution in [-0.4, -0.2) is 48.2 Å². The molecule has 4 nitrogen and oxygen atoms in total. The molecule has 1 aliphatic heterocycles. The quantitative estimate of drug-likeness (QED) is 0.762. The Morgan fingerprint density at radius 3 is 2.19 bits per heavy atom. The van der Waals surface area contributed by atoms with E-state index in [0.717, 1.165) is 0 Å². The van der Waals surface area contributed by atoms with Gasteiger partial charge in [-0.2, -0.15) is 26.3 Å². The van der Waals surface area contributed by atoms with Crippen LogP contribution in [0, 0.1) is 5.41 Å². The molecule has 2 amide bonds. The fourth-order valence-electron chi connectivity index (χ4n) is 2.88. The van der Waals surface area contributed by atoms with Gasteiger partial charge in [0.05, 0.1) is 10.6 Å². The van der Waals surface area contributed by atoms with Gasteiger partial charge in [-0.15, -0.1) is 0 Å². The summed E-state index contributed by atoms with van der Waals surface area (Å²) in [6.45, 7) is -1.08. The summed E-state index contributed by atoms with van der Waals surface area (Å²) in [5.41, 5.74) is -3.94. The third-order valence-electron chi connectivity index (χ3n) is 4.50. The monoisotopic (exact) mass is 416 g/mol. The van der Waals surface area contributed by atoms with Crippen molar-refractivity contribution in [2.24, 2.45) is 5.41 Å². The van der Waals surface area contributed by atoms with E-state index >= 15 is 0 Å². The number of nitrogens with one attached hydrogen (secondary N) is 1. The Labute approximate surface area is 155 Å². The minimum Gasteiger partial charge on any atom is -0.340 e. The minimum absolute atomic E-state index is 0.0279. The average Bonchev–Trinajstić information content (AvgIpc) is 3.00. The fourth-order valence-corrected chi connectivity index (χ4v) is 3.10. The van der Waals surface area contributed by atoms with Crippen molar-refractivity contribution in [3.63, 3.8) is 0 Å². The summed E-state index contributed by atoms with van der Waals surface area (Å²) in [6, 6.07) is 4.53. The van der Waals surface area contributed by atoms with Crippen molar-refractivity contribution in [3.05, 3.63) is 34.9 Å². The van der Waals surface area contributed by atoms with Gasteiger partial charge in [-0.3, -0.25) is 9.59 Å². The molecule has 11 heteroatoms. The van der Waals surface area contributed by atoms with Crippen LogP contribution in [0.1, 0.15) is 23.7 Å². The van der Waals surface area contributed by atoms with Crippen LogP contribution in [-0.2, 0) is 4.79 Å². The summed E-state index contributed by atoms with van der Waals surface area (Å²) < 4.78 is 78.5. The number of hydrogen-bond acceptors (Lipinski definition) is 2. The zero-order chi connectivity index (χ0) is 20.6. The molecule has 27 heavy (non-hydrogen) atoms. The smallest absolute Gasteiger partial charge is 0.340 e. The third kappa shape index (κ3) is 3.99. The normalized spacial score (nSPS) is 18.3. The molecule has 150 valence electrons.